The second kappa shape index (κ2) is 2.59. The fourth-order valence-corrected chi connectivity index (χ4v) is 1.19. The van der Waals surface area contributed by atoms with Crippen LogP contribution in [0.3, 0.4) is 0 Å². The van der Waals surface area contributed by atoms with Gasteiger partial charge in [-0.15, -0.1) is 4.52 Å². The summed E-state index contributed by atoms with van der Waals surface area (Å²) in [5.74, 6) is 0.520. The fourth-order valence-electron chi connectivity index (χ4n) is 1.19. The highest BCUT2D eigenvalue weighted by atomic mass is 15.2. The van der Waals surface area contributed by atoms with Crippen molar-refractivity contribution < 1.29 is 4.52 Å². The van der Waals surface area contributed by atoms with E-state index in [0.717, 1.165) is 5.65 Å². The maximum absolute atomic E-state index is 4.17. The molecule has 0 saturated heterocycles. The smallest absolute Gasteiger partial charge is 0.239 e. The van der Waals surface area contributed by atoms with Crippen molar-refractivity contribution in [2.24, 2.45) is 0 Å². The van der Waals surface area contributed by atoms with Crippen LogP contribution in [0, 0.1) is 0 Å². The molecule has 2 rings (SSSR count). The highest BCUT2D eigenvalue weighted by Crippen LogP contribution is 2.09. The maximum Gasteiger partial charge on any atom is 0.305 e. The van der Waals surface area contributed by atoms with E-state index in [4.69, 9.17) is 0 Å². The number of fused-ring (bicyclic) bond motifs is 1. The van der Waals surface area contributed by atoms with Crippen molar-refractivity contribution in [3.63, 3.8) is 0 Å². The summed E-state index contributed by atoms with van der Waals surface area (Å²) in [6.07, 6.45) is 3.81. The molecule has 0 radical (unpaired) electrons. The lowest BCUT2D eigenvalue weighted by molar-refractivity contribution is -0.579. The van der Waals surface area contributed by atoms with Crippen LogP contribution in [0.5, 0.6) is 0 Å². The molecule has 0 atom stereocenters. The van der Waals surface area contributed by atoms with Gasteiger partial charge in [0.2, 0.25) is 0 Å². The van der Waals surface area contributed by atoms with Crippen LogP contribution in [0.1, 0.15) is 25.5 Å². The second-order valence-corrected chi connectivity index (χ2v) is 3.22. The monoisotopic (exact) mass is 162 g/mol. The Hall–Kier alpha value is -1.38. The van der Waals surface area contributed by atoms with Crippen LogP contribution >= 0.6 is 0 Å². The Kier molecular flexibility index (Phi) is 1.57. The second-order valence-electron chi connectivity index (χ2n) is 3.22. The van der Waals surface area contributed by atoms with E-state index in [-0.39, 0.29) is 0 Å². The van der Waals surface area contributed by atoms with Crippen molar-refractivity contribution in [2.45, 2.75) is 19.8 Å². The molecule has 2 aromatic heterocycles. The van der Waals surface area contributed by atoms with E-state index in [1.165, 1.54) is 5.69 Å². The predicted molar refractivity (Wildman–Crippen MR) is 45.8 cm³/mol. The van der Waals surface area contributed by atoms with Gasteiger partial charge < -0.3 is 0 Å². The van der Waals surface area contributed by atoms with Gasteiger partial charge in [0.15, 0.2) is 6.20 Å². The zero-order chi connectivity index (χ0) is 8.55. The van der Waals surface area contributed by atoms with Crippen LogP contribution < -0.4 is 4.52 Å². The molecule has 0 aliphatic heterocycles. The first kappa shape index (κ1) is 7.28. The standard InChI is InChI=1S/C9H11N3/c1-7(2)8-6-12-9(11-8)4-3-5-10-12/h3-7H,1-2H3/p+1. The molecule has 1 N–H and O–H groups in total. The number of aromatic amines is 1. The van der Waals surface area contributed by atoms with E-state index < -0.39 is 0 Å². The molecule has 0 bridgehead atoms. The third kappa shape index (κ3) is 1.07. The summed E-state index contributed by atoms with van der Waals surface area (Å²) in [4.78, 5) is 3.30. The number of hydrogen-bond acceptors (Lipinski definition) is 1. The normalized spacial score (nSPS) is 11.2. The molecular formula is C9H12N3+. The molecule has 0 saturated carbocycles. The molecule has 0 unspecified atom stereocenters. The molecule has 0 fully saturated rings. The van der Waals surface area contributed by atoms with Crippen molar-refractivity contribution in [3.05, 3.63) is 30.2 Å². The zero-order valence-electron chi connectivity index (χ0n) is 7.28. The molecule has 0 aliphatic carbocycles. The van der Waals surface area contributed by atoms with E-state index in [9.17, 15) is 0 Å². The number of rotatable bonds is 1. The van der Waals surface area contributed by atoms with Gasteiger partial charge in [-0.1, -0.05) is 18.9 Å². The van der Waals surface area contributed by atoms with Crippen LogP contribution in [-0.4, -0.2) is 10.1 Å². The van der Waals surface area contributed by atoms with Crippen molar-refractivity contribution in [1.29, 1.82) is 0 Å². The molecule has 62 valence electrons. The molecular weight excluding hydrogens is 150 g/mol. The average Bonchev–Trinajstić information content (AvgIpc) is 2.46. The Balaban J connectivity index is 2.62. The van der Waals surface area contributed by atoms with Gasteiger partial charge in [0, 0.05) is 12.0 Å². The van der Waals surface area contributed by atoms with Crippen molar-refractivity contribution in [3.8, 4) is 0 Å². The number of hydrogen-bond donors (Lipinski definition) is 1. The summed E-state index contributed by atoms with van der Waals surface area (Å²) >= 11 is 0. The van der Waals surface area contributed by atoms with Gasteiger partial charge in [-0.3, -0.25) is 0 Å². The van der Waals surface area contributed by atoms with Crippen molar-refractivity contribution in [2.75, 3.05) is 0 Å². The molecule has 0 aromatic carbocycles. The third-order valence-corrected chi connectivity index (χ3v) is 1.93. The number of H-pyrrole nitrogens is 1. The lowest BCUT2D eigenvalue weighted by Gasteiger charge is -1.90. The Bertz CT molecular complexity index is 356. The lowest BCUT2D eigenvalue weighted by Crippen LogP contribution is -2.22. The van der Waals surface area contributed by atoms with E-state index in [0.29, 0.717) is 5.92 Å². The quantitative estimate of drug-likeness (QED) is 0.629. The molecule has 2 aromatic rings. The molecule has 12 heavy (non-hydrogen) atoms. The number of imidazole rings is 1. The first-order valence-electron chi connectivity index (χ1n) is 4.13. The van der Waals surface area contributed by atoms with Gasteiger partial charge in [0.1, 0.15) is 5.69 Å². The zero-order valence-corrected chi connectivity index (χ0v) is 7.28. The Morgan fingerprint density at radius 3 is 3.00 bits per heavy atom. The van der Waals surface area contributed by atoms with E-state index in [1.807, 2.05) is 22.8 Å². The van der Waals surface area contributed by atoms with Crippen LogP contribution in [0.15, 0.2) is 24.5 Å². The first-order valence-corrected chi connectivity index (χ1v) is 4.13. The number of aromatic nitrogens is 3. The number of nitrogens with zero attached hydrogens (tertiary/aromatic N) is 2. The van der Waals surface area contributed by atoms with Crippen molar-refractivity contribution in [1.82, 2.24) is 10.1 Å². The SMILES string of the molecule is CC(C)c1c[n+]2ncccc2[nH]1. The highest BCUT2D eigenvalue weighted by Gasteiger charge is 2.10. The fraction of sp³-hybridized carbons (Fsp3) is 0.333. The highest BCUT2D eigenvalue weighted by molar-refractivity contribution is 5.28. The largest absolute Gasteiger partial charge is 0.305 e. The minimum absolute atomic E-state index is 0.520. The Morgan fingerprint density at radius 1 is 1.50 bits per heavy atom. The maximum atomic E-state index is 4.17. The van der Waals surface area contributed by atoms with Crippen LogP contribution in [0.25, 0.3) is 5.65 Å². The Morgan fingerprint density at radius 2 is 2.33 bits per heavy atom. The van der Waals surface area contributed by atoms with E-state index in [1.54, 1.807) is 6.20 Å². The first-order chi connectivity index (χ1) is 5.77. The van der Waals surface area contributed by atoms with Gasteiger partial charge in [-0.25, -0.2) is 4.98 Å². The molecule has 0 amide bonds. The lowest BCUT2D eigenvalue weighted by atomic mass is 10.2. The van der Waals surface area contributed by atoms with E-state index in [2.05, 4.69) is 23.9 Å². The summed E-state index contributed by atoms with van der Waals surface area (Å²) in [6.45, 7) is 4.32. The van der Waals surface area contributed by atoms with Gasteiger partial charge in [-0.05, 0) is 6.07 Å². The summed E-state index contributed by atoms with van der Waals surface area (Å²) in [7, 11) is 0. The van der Waals surface area contributed by atoms with Crippen LogP contribution in [0.4, 0.5) is 0 Å². The predicted octanol–water partition coefficient (Wildman–Crippen LogP) is 1.27. The van der Waals surface area contributed by atoms with E-state index >= 15 is 0 Å². The topological polar surface area (TPSA) is 32.8 Å². The minimum atomic E-state index is 0.520. The molecule has 2 heterocycles. The molecule has 0 spiro atoms. The summed E-state index contributed by atoms with van der Waals surface area (Å²) in [6, 6.07) is 3.94. The van der Waals surface area contributed by atoms with Gasteiger partial charge in [0.05, 0.1) is 6.20 Å². The van der Waals surface area contributed by atoms with Crippen LogP contribution in [0.2, 0.25) is 0 Å². The van der Waals surface area contributed by atoms with Gasteiger partial charge >= 0.3 is 5.65 Å². The molecule has 3 nitrogen and oxygen atoms in total. The Labute approximate surface area is 71.1 Å². The van der Waals surface area contributed by atoms with Gasteiger partial charge in [-0.2, -0.15) is 0 Å². The summed E-state index contributed by atoms with van der Waals surface area (Å²) in [5.41, 5.74) is 2.26. The average molecular weight is 162 g/mol. The third-order valence-electron chi connectivity index (χ3n) is 1.93. The molecule has 0 aliphatic rings. The number of nitrogens with one attached hydrogen (secondary N) is 1. The summed E-state index contributed by atoms with van der Waals surface area (Å²) in [5, 5.41) is 4.17. The van der Waals surface area contributed by atoms with Gasteiger partial charge in [0.25, 0.3) is 0 Å². The van der Waals surface area contributed by atoms with Crippen molar-refractivity contribution >= 4 is 5.65 Å². The minimum Gasteiger partial charge on any atom is -0.239 e. The molecule has 3 heteroatoms. The summed E-state index contributed by atoms with van der Waals surface area (Å²) < 4.78 is 1.86. The van der Waals surface area contributed by atoms with Crippen LogP contribution in [-0.2, 0) is 0 Å².